The molecule has 0 aromatic carbocycles. The smallest absolute Gasteiger partial charge is 0.343 e. The van der Waals surface area contributed by atoms with Crippen LogP contribution in [0.1, 0.15) is 78.6 Å². The monoisotopic (exact) mass is 576 g/mol. The Morgan fingerprint density at radius 1 is 1.15 bits per heavy atom. The van der Waals surface area contributed by atoms with Crippen LogP contribution in [0.15, 0.2) is 11.6 Å². The van der Waals surface area contributed by atoms with Crippen molar-refractivity contribution >= 4 is 18.2 Å². The summed E-state index contributed by atoms with van der Waals surface area (Å²) < 4.78 is 22.4. The van der Waals surface area contributed by atoms with Crippen molar-refractivity contribution in [2.75, 3.05) is 13.2 Å². The van der Waals surface area contributed by atoms with Crippen molar-refractivity contribution in [1.82, 2.24) is 0 Å². The largest absolute Gasteiger partial charge is 0.464 e. The molecule has 0 amide bonds. The Labute approximate surface area is 240 Å². The molecule has 41 heavy (non-hydrogen) atoms. The predicted molar refractivity (Wildman–Crippen MR) is 143 cm³/mol. The van der Waals surface area contributed by atoms with Gasteiger partial charge in [-0.3, -0.25) is 0 Å². The van der Waals surface area contributed by atoms with E-state index in [2.05, 4.69) is 0 Å². The molecule has 1 saturated heterocycles. The third-order valence-corrected chi connectivity index (χ3v) is 12.0. The second kappa shape index (κ2) is 10.1. The standard InChI is InChI=1S/C31H44O10/c1-4-38-26(35)30(36)14-17(2)40-27(30)41-20-7-10-29(16-32)19(12-20)5-6-22-21(29)8-9-28(3)23(13-24(33)31(22,28)37)18-11-25(34)39-15-18/h11,16-17,19-24,27,33,36-37H,4-10,12-15H2,1-3H3/t17-,19+,20+,21+,22-,23-,24-,27+,28-,29-,30+,31-/m1/s1. The maximum Gasteiger partial charge on any atom is 0.343 e. The SMILES string of the molecule is CCOC(=O)[C@@]1(O)C[C@@H](C)O[C@H]1O[C@H]1CC[C@@]2(C=O)[C@@H](CC[C@@H]3[C@@H]2CC[C@]2(C)[C@@H](C4=CC(=O)OC4)C[C@@H](O)[C@]32O)C1. The minimum Gasteiger partial charge on any atom is -0.464 e. The summed E-state index contributed by atoms with van der Waals surface area (Å²) in [6.07, 6.45) is 4.78. The molecule has 2 heterocycles. The van der Waals surface area contributed by atoms with E-state index in [1.807, 2.05) is 6.92 Å². The van der Waals surface area contributed by atoms with Gasteiger partial charge in [-0.25, -0.2) is 9.59 Å². The van der Waals surface area contributed by atoms with Crippen LogP contribution in [0.25, 0.3) is 0 Å². The molecule has 0 aromatic heterocycles. The highest BCUT2D eigenvalue weighted by atomic mass is 16.7. The maximum atomic E-state index is 13.0. The van der Waals surface area contributed by atoms with Gasteiger partial charge in [-0.1, -0.05) is 6.92 Å². The molecule has 0 bridgehead atoms. The normalized spacial score (nSPS) is 50.8. The van der Waals surface area contributed by atoms with E-state index in [4.69, 9.17) is 18.9 Å². The molecule has 5 fully saturated rings. The summed E-state index contributed by atoms with van der Waals surface area (Å²) in [5.41, 5.74) is -3.67. The van der Waals surface area contributed by atoms with Crippen molar-refractivity contribution < 1.29 is 48.7 Å². The van der Waals surface area contributed by atoms with E-state index < -0.39 is 40.4 Å². The molecule has 228 valence electrons. The molecule has 4 aliphatic carbocycles. The van der Waals surface area contributed by atoms with Gasteiger partial charge in [-0.15, -0.1) is 0 Å². The molecule has 4 saturated carbocycles. The van der Waals surface area contributed by atoms with Crippen LogP contribution >= 0.6 is 0 Å². The van der Waals surface area contributed by atoms with E-state index in [-0.39, 0.29) is 61.5 Å². The molecular weight excluding hydrogens is 532 g/mol. The maximum absolute atomic E-state index is 13.0. The van der Waals surface area contributed by atoms with Crippen molar-refractivity contribution in [2.45, 2.75) is 114 Å². The molecular formula is C31H44O10. The summed E-state index contributed by atoms with van der Waals surface area (Å²) in [7, 11) is 0. The summed E-state index contributed by atoms with van der Waals surface area (Å²) in [6.45, 7) is 5.84. The van der Waals surface area contributed by atoms with Crippen molar-refractivity contribution in [1.29, 1.82) is 0 Å². The van der Waals surface area contributed by atoms with Gasteiger partial charge in [0.25, 0.3) is 0 Å². The molecule has 3 N–H and O–H groups in total. The summed E-state index contributed by atoms with van der Waals surface area (Å²) >= 11 is 0. The number of ether oxygens (including phenoxy) is 4. The Morgan fingerprint density at radius 2 is 1.93 bits per heavy atom. The first-order valence-corrected chi connectivity index (χ1v) is 15.4. The molecule has 0 unspecified atom stereocenters. The van der Waals surface area contributed by atoms with Gasteiger partial charge >= 0.3 is 11.9 Å². The first kappa shape index (κ1) is 29.2. The number of cyclic esters (lactones) is 1. The van der Waals surface area contributed by atoms with Gasteiger partial charge < -0.3 is 39.1 Å². The molecule has 2 aliphatic heterocycles. The number of carbonyl (C=O) groups excluding carboxylic acids is 3. The van der Waals surface area contributed by atoms with Crippen LogP contribution in [0, 0.1) is 34.5 Å². The summed E-state index contributed by atoms with van der Waals surface area (Å²) in [5.74, 6) is -1.59. The molecule has 0 spiro atoms. The van der Waals surface area contributed by atoms with E-state index in [0.29, 0.717) is 44.9 Å². The van der Waals surface area contributed by atoms with Crippen molar-refractivity contribution in [3.05, 3.63) is 11.6 Å². The van der Waals surface area contributed by atoms with Crippen LogP contribution in [0.3, 0.4) is 0 Å². The Kier molecular flexibility index (Phi) is 7.21. The number of hydrogen-bond acceptors (Lipinski definition) is 10. The third-order valence-electron chi connectivity index (χ3n) is 12.0. The third kappa shape index (κ3) is 4.11. The van der Waals surface area contributed by atoms with Crippen LogP contribution in [0.4, 0.5) is 0 Å². The second-order valence-electron chi connectivity index (χ2n) is 13.8. The Bertz CT molecular complexity index is 1120. The average Bonchev–Trinajstić information content (AvgIpc) is 3.56. The average molecular weight is 577 g/mol. The van der Waals surface area contributed by atoms with Crippen LogP contribution in [0.5, 0.6) is 0 Å². The quantitative estimate of drug-likeness (QED) is 0.317. The highest BCUT2D eigenvalue weighted by Crippen LogP contribution is 2.69. The second-order valence-corrected chi connectivity index (χ2v) is 13.8. The van der Waals surface area contributed by atoms with E-state index in [1.165, 1.54) is 6.08 Å². The number of hydrogen-bond donors (Lipinski definition) is 3. The van der Waals surface area contributed by atoms with Crippen LogP contribution < -0.4 is 0 Å². The Hall–Kier alpha value is -1.85. The number of aliphatic hydroxyl groups excluding tert-OH is 1. The number of esters is 2. The van der Waals surface area contributed by atoms with Crippen molar-refractivity contribution in [3.63, 3.8) is 0 Å². The van der Waals surface area contributed by atoms with Crippen molar-refractivity contribution in [2.24, 2.45) is 34.5 Å². The van der Waals surface area contributed by atoms with Crippen LogP contribution in [-0.2, 0) is 33.3 Å². The highest BCUT2D eigenvalue weighted by Gasteiger charge is 2.72. The minimum absolute atomic E-state index is 0.0142. The fourth-order valence-electron chi connectivity index (χ4n) is 10.1. The summed E-state index contributed by atoms with van der Waals surface area (Å²) in [5, 5.41) is 35.0. The molecule has 10 heteroatoms. The van der Waals surface area contributed by atoms with Gasteiger partial charge in [-0.2, -0.15) is 0 Å². The molecule has 6 rings (SSSR count). The lowest BCUT2D eigenvalue weighted by Crippen LogP contribution is -2.66. The lowest BCUT2D eigenvalue weighted by molar-refractivity contribution is -0.251. The number of carbonyl (C=O) groups is 3. The number of aliphatic hydroxyl groups is 3. The van der Waals surface area contributed by atoms with E-state index in [0.717, 1.165) is 18.3 Å². The summed E-state index contributed by atoms with van der Waals surface area (Å²) in [4.78, 5) is 37.5. The van der Waals surface area contributed by atoms with Gasteiger partial charge in [0.1, 0.15) is 12.9 Å². The van der Waals surface area contributed by atoms with Gasteiger partial charge in [-0.05, 0) is 94.5 Å². The Balaban J connectivity index is 1.21. The first-order chi connectivity index (χ1) is 19.4. The first-order valence-electron chi connectivity index (χ1n) is 15.4. The van der Waals surface area contributed by atoms with Gasteiger partial charge in [0.2, 0.25) is 5.60 Å². The number of fused-ring (bicyclic) bond motifs is 5. The molecule has 6 aliphatic rings. The van der Waals surface area contributed by atoms with E-state index >= 15 is 0 Å². The zero-order valence-corrected chi connectivity index (χ0v) is 24.3. The number of aldehydes is 1. The van der Waals surface area contributed by atoms with Crippen molar-refractivity contribution in [3.8, 4) is 0 Å². The van der Waals surface area contributed by atoms with Gasteiger partial charge in [0.15, 0.2) is 6.29 Å². The zero-order chi connectivity index (χ0) is 29.4. The fourth-order valence-corrected chi connectivity index (χ4v) is 10.1. The topological polar surface area (TPSA) is 149 Å². The highest BCUT2D eigenvalue weighted by molar-refractivity contribution is 5.85. The lowest BCUT2D eigenvalue weighted by atomic mass is 9.43. The van der Waals surface area contributed by atoms with Crippen LogP contribution in [-0.4, -0.2) is 82.6 Å². The Morgan fingerprint density at radius 3 is 2.61 bits per heavy atom. The zero-order valence-electron chi connectivity index (χ0n) is 24.3. The molecule has 0 radical (unpaired) electrons. The van der Waals surface area contributed by atoms with Crippen LogP contribution in [0.2, 0.25) is 0 Å². The molecule has 10 nitrogen and oxygen atoms in total. The molecule has 0 aromatic rings. The fraction of sp³-hybridized carbons (Fsp3) is 0.839. The number of rotatable bonds is 6. The van der Waals surface area contributed by atoms with E-state index in [9.17, 15) is 29.7 Å². The summed E-state index contributed by atoms with van der Waals surface area (Å²) in [6, 6.07) is 0. The van der Waals surface area contributed by atoms with Gasteiger partial charge in [0, 0.05) is 23.3 Å². The minimum atomic E-state index is -1.87. The van der Waals surface area contributed by atoms with Gasteiger partial charge in [0.05, 0.1) is 30.5 Å². The lowest BCUT2D eigenvalue weighted by Gasteiger charge is -2.63. The predicted octanol–water partition coefficient (Wildman–Crippen LogP) is 2.21. The molecule has 12 atom stereocenters. The van der Waals surface area contributed by atoms with E-state index in [1.54, 1.807) is 13.8 Å².